The van der Waals surface area contributed by atoms with Crippen LogP contribution in [0.1, 0.15) is 11.1 Å². The molecule has 3 N–H and O–H groups in total. The minimum atomic E-state index is -4.35. The quantitative estimate of drug-likeness (QED) is 0.605. The van der Waals surface area contributed by atoms with E-state index < -0.39 is 18.6 Å². The Hall–Kier alpha value is -1.80. The van der Waals surface area contributed by atoms with Crippen molar-refractivity contribution in [3.05, 3.63) is 29.3 Å². The number of benzene rings is 1. The molecule has 0 aromatic heterocycles. The molecule has 2 heterocycles. The fourth-order valence-electron chi connectivity index (χ4n) is 3.44. The number of carbonyl (C=O) groups is 1. The van der Waals surface area contributed by atoms with Crippen molar-refractivity contribution < 1.29 is 32.5 Å². The predicted molar refractivity (Wildman–Crippen MR) is 84.7 cm³/mol. The summed E-state index contributed by atoms with van der Waals surface area (Å²) in [4.78, 5) is 14.1. The molecule has 0 unspecified atom stereocenters. The summed E-state index contributed by atoms with van der Waals surface area (Å²) in [5.41, 5.74) is 2.55. The Kier molecular flexibility index (Phi) is 5.48. The number of hydrogen-bond donors (Lipinski definition) is 3. The van der Waals surface area contributed by atoms with Crippen LogP contribution in [0.25, 0.3) is 0 Å². The first-order chi connectivity index (χ1) is 11.9. The van der Waals surface area contributed by atoms with Gasteiger partial charge in [0.05, 0.1) is 6.61 Å². The number of amides is 1. The first-order valence-corrected chi connectivity index (χ1v) is 8.64. The number of quaternary nitrogens is 2. The summed E-state index contributed by atoms with van der Waals surface area (Å²) in [6, 6.07) is 6.34. The molecule has 3 rings (SSSR count). The molecular formula is C17H24F3N3O2+2. The molecule has 1 aromatic carbocycles. The largest absolute Gasteiger partial charge is 0.493 e. The Balaban J connectivity index is 1.40. The maximum absolute atomic E-state index is 12.1. The van der Waals surface area contributed by atoms with Crippen LogP contribution >= 0.6 is 0 Å². The monoisotopic (exact) mass is 359 g/mol. The molecule has 138 valence electrons. The van der Waals surface area contributed by atoms with E-state index in [-0.39, 0.29) is 6.54 Å². The summed E-state index contributed by atoms with van der Waals surface area (Å²) in [5, 5.41) is 1.94. The van der Waals surface area contributed by atoms with Gasteiger partial charge in [-0.1, -0.05) is 0 Å². The second-order valence-electron chi connectivity index (χ2n) is 6.79. The number of piperazine rings is 1. The molecule has 0 radical (unpaired) electrons. The van der Waals surface area contributed by atoms with Crippen molar-refractivity contribution >= 4 is 5.91 Å². The maximum Gasteiger partial charge on any atom is 0.405 e. The third-order valence-electron chi connectivity index (χ3n) is 4.77. The Morgan fingerprint density at radius 3 is 2.60 bits per heavy atom. The minimum Gasteiger partial charge on any atom is -0.493 e. The Labute approximate surface area is 144 Å². The number of ether oxygens (including phenoxy) is 1. The summed E-state index contributed by atoms with van der Waals surface area (Å²) in [7, 11) is 0. The van der Waals surface area contributed by atoms with Crippen LogP contribution in [0.5, 0.6) is 5.75 Å². The second kappa shape index (κ2) is 7.61. The van der Waals surface area contributed by atoms with Gasteiger partial charge in [-0.25, -0.2) is 0 Å². The molecule has 1 amide bonds. The smallest absolute Gasteiger partial charge is 0.405 e. The van der Waals surface area contributed by atoms with E-state index >= 15 is 0 Å². The van der Waals surface area contributed by atoms with Crippen molar-refractivity contribution in [2.45, 2.75) is 19.1 Å². The molecular weight excluding hydrogens is 335 g/mol. The van der Waals surface area contributed by atoms with E-state index in [1.165, 1.54) is 16.0 Å². The Morgan fingerprint density at radius 2 is 1.88 bits per heavy atom. The standard InChI is InChI=1S/C17H22F3N3O2/c18-17(19,20)12-21-16(24)11-23-6-4-22(5-7-23)10-13-1-2-15-14(9-13)3-8-25-15/h1-2,9H,3-8,10-12H2,(H,21,24)/p+2. The minimum absolute atomic E-state index is 0.111. The highest BCUT2D eigenvalue weighted by Crippen LogP contribution is 2.25. The van der Waals surface area contributed by atoms with E-state index in [0.717, 1.165) is 56.4 Å². The van der Waals surface area contributed by atoms with Gasteiger partial charge in [0.15, 0.2) is 6.54 Å². The first kappa shape index (κ1) is 18.0. The zero-order valence-corrected chi connectivity index (χ0v) is 14.0. The lowest BCUT2D eigenvalue weighted by Crippen LogP contribution is -3.28. The zero-order chi connectivity index (χ0) is 17.9. The number of rotatable bonds is 5. The molecule has 2 aliphatic heterocycles. The van der Waals surface area contributed by atoms with Gasteiger partial charge in [0.25, 0.3) is 5.91 Å². The topological polar surface area (TPSA) is 47.2 Å². The van der Waals surface area contributed by atoms with Crippen LogP contribution in [0.3, 0.4) is 0 Å². The van der Waals surface area contributed by atoms with E-state index in [1.54, 1.807) is 0 Å². The number of fused-ring (bicyclic) bond motifs is 1. The number of halogens is 3. The zero-order valence-electron chi connectivity index (χ0n) is 14.0. The molecule has 1 aromatic rings. The van der Waals surface area contributed by atoms with Crippen molar-refractivity contribution in [1.29, 1.82) is 0 Å². The molecule has 0 aliphatic carbocycles. The summed E-state index contributed by atoms with van der Waals surface area (Å²) in [6.07, 6.45) is -3.39. The third kappa shape index (κ3) is 5.34. The normalized spacial score (nSPS) is 23.0. The van der Waals surface area contributed by atoms with Crippen molar-refractivity contribution in [2.75, 3.05) is 45.9 Å². The molecule has 0 bridgehead atoms. The molecule has 5 nitrogen and oxygen atoms in total. The van der Waals surface area contributed by atoms with Crippen LogP contribution in [-0.4, -0.2) is 58.0 Å². The molecule has 2 aliphatic rings. The van der Waals surface area contributed by atoms with Crippen LogP contribution in [0.15, 0.2) is 18.2 Å². The Morgan fingerprint density at radius 1 is 1.16 bits per heavy atom. The highest BCUT2D eigenvalue weighted by molar-refractivity contribution is 5.76. The van der Waals surface area contributed by atoms with E-state index in [1.807, 2.05) is 11.4 Å². The number of hydrogen-bond acceptors (Lipinski definition) is 2. The van der Waals surface area contributed by atoms with Gasteiger partial charge in [-0.2, -0.15) is 13.2 Å². The van der Waals surface area contributed by atoms with Gasteiger partial charge in [-0.05, 0) is 23.8 Å². The first-order valence-electron chi connectivity index (χ1n) is 8.64. The summed E-state index contributed by atoms with van der Waals surface area (Å²) < 4.78 is 41.8. The number of nitrogens with one attached hydrogen (secondary N) is 3. The van der Waals surface area contributed by atoms with Crippen LogP contribution in [0.4, 0.5) is 13.2 Å². The van der Waals surface area contributed by atoms with Crippen molar-refractivity contribution in [2.24, 2.45) is 0 Å². The molecule has 0 spiro atoms. The summed E-state index contributed by atoms with van der Waals surface area (Å²) >= 11 is 0. The lowest BCUT2D eigenvalue weighted by atomic mass is 10.1. The summed E-state index contributed by atoms with van der Waals surface area (Å²) in [5.74, 6) is 0.451. The van der Waals surface area contributed by atoms with Crippen LogP contribution in [-0.2, 0) is 17.8 Å². The van der Waals surface area contributed by atoms with E-state index in [4.69, 9.17) is 4.74 Å². The van der Waals surface area contributed by atoms with Gasteiger partial charge in [0.2, 0.25) is 0 Å². The van der Waals surface area contributed by atoms with Crippen LogP contribution in [0, 0.1) is 0 Å². The van der Waals surface area contributed by atoms with Crippen molar-refractivity contribution in [3.8, 4) is 5.75 Å². The third-order valence-corrected chi connectivity index (χ3v) is 4.77. The number of alkyl halides is 3. The van der Waals surface area contributed by atoms with E-state index in [2.05, 4.69) is 12.1 Å². The fraction of sp³-hybridized carbons (Fsp3) is 0.588. The number of carbonyl (C=O) groups excluding carboxylic acids is 1. The molecule has 1 saturated heterocycles. The van der Waals surface area contributed by atoms with Gasteiger partial charge in [-0.15, -0.1) is 0 Å². The average Bonchev–Trinajstić information content (AvgIpc) is 3.02. The van der Waals surface area contributed by atoms with Crippen LogP contribution < -0.4 is 19.9 Å². The lowest BCUT2D eigenvalue weighted by molar-refractivity contribution is -1.02. The second-order valence-corrected chi connectivity index (χ2v) is 6.79. The molecule has 0 atom stereocenters. The van der Waals surface area contributed by atoms with Gasteiger partial charge < -0.3 is 19.9 Å². The van der Waals surface area contributed by atoms with Crippen molar-refractivity contribution in [3.63, 3.8) is 0 Å². The average molecular weight is 359 g/mol. The fourth-order valence-corrected chi connectivity index (χ4v) is 3.44. The lowest BCUT2D eigenvalue weighted by Gasteiger charge is -2.29. The molecule has 8 heteroatoms. The SMILES string of the molecule is O=C(C[NH+]1CC[NH+](Cc2ccc3c(c2)CCO3)CC1)NCC(F)(F)F. The van der Waals surface area contributed by atoms with Gasteiger partial charge >= 0.3 is 6.18 Å². The Bertz CT molecular complexity index is 614. The molecule has 1 fully saturated rings. The van der Waals surface area contributed by atoms with Gasteiger partial charge in [0, 0.05) is 12.0 Å². The van der Waals surface area contributed by atoms with Gasteiger partial charge in [0.1, 0.15) is 45.0 Å². The summed E-state index contributed by atoms with van der Waals surface area (Å²) in [6.45, 7) is 3.96. The maximum atomic E-state index is 12.1. The van der Waals surface area contributed by atoms with Gasteiger partial charge in [-0.3, -0.25) is 4.79 Å². The highest BCUT2D eigenvalue weighted by Gasteiger charge is 2.30. The van der Waals surface area contributed by atoms with E-state index in [0.29, 0.717) is 0 Å². The predicted octanol–water partition coefficient (Wildman–Crippen LogP) is -1.42. The molecule has 0 saturated carbocycles. The van der Waals surface area contributed by atoms with E-state index in [9.17, 15) is 18.0 Å². The highest BCUT2D eigenvalue weighted by atomic mass is 19.4. The van der Waals surface area contributed by atoms with Crippen LogP contribution in [0.2, 0.25) is 0 Å². The van der Waals surface area contributed by atoms with Crippen molar-refractivity contribution in [1.82, 2.24) is 5.32 Å². The molecule has 25 heavy (non-hydrogen) atoms.